The monoisotopic (exact) mass is 317 g/mol. The smallest absolute Gasteiger partial charge is 0.182 e. The number of thiazole rings is 1. The molecule has 2 heterocycles. The molecule has 5 heteroatoms. The minimum Gasteiger partial charge on any atom is -0.383 e. The van der Waals surface area contributed by atoms with Gasteiger partial charge in [-0.15, -0.1) is 11.3 Å². The summed E-state index contributed by atoms with van der Waals surface area (Å²) in [6.45, 7) is 3.57. The topological polar surface area (TPSA) is 46.2 Å². The van der Waals surface area contributed by atoms with E-state index in [0.29, 0.717) is 6.61 Å². The van der Waals surface area contributed by atoms with Crippen LogP contribution in [0, 0.1) is 0 Å². The zero-order valence-electron chi connectivity index (χ0n) is 13.0. The van der Waals surface area contributed by atoms with Crippen LogP contribution in [0.1, 0.15) is 24.1 Å². The van der Waals surface area contributed by atoms with Crippen LogP contribution < -0.4 is 10.6 Å². The molecule has 0 bridgehead atoms. The highest BCUT2D eigenvalue weighted by Gasteiger charge is 2.37. The Morgan fingerprint density at radius 1 is 1.27 bits per heavy atom. The van der Waals surface area contributed by atoms with E-state index in [2.05, 4.69) is 46.3 Å². The van der Waals surface area contributed by atoms with Gasteiger partial charge in [0.05, 0.1) is 12.3 Å². The van der Waals surface area contributed by atoms with Crippen molar-refractivity contribution in [3.8, 4) is 0 Å². The lowest BCUT2D eigenvalue weighted by Crippen LogP contribution is -2.41. The van der Waals surface area contributed by atoms with Crippen LogP contribution in [0.4, 0.5) is 5.13 Å². The molecule has 1 aromatic carbocycles. The van der Waals surface area contributed by atoms with Crippen molar-refractivity contribution in [1.82, 2.24) is 10.3 Å². The molecule has 1 aliphatic rings. The highest BCUT2D eigenvalue weighted by Crippen LogP contribution is 2.41. The van der Waals surface area contributed by atoms with E-state index < -0.39 is 0 Å². The number of hydrogen-bond acceptors (Lipinski definition) is 5. The summed E-state index contributed by atoms with van der Waals surface area (Å²) in [5, 5.41) is 10.0. The fraction of sp³-hybridized carbons (Fsp3) is 0.471. The van der Waals surface area contributed by atoms with Crippen molar-refractivity contribution in [3.63, 3.8) is 0 Å². The molecular weight excluding hydrogens is 294 g/mol. The number of ether oxygens (including phenoxy) is 1. The van der Waals surface area contributed by atoms with Crippen LogP contribution in [0.2, 0.25) is 0 Å². The van der Waals surface area contributed by atoms with Crippen molar-refractivity contribution >= 4 is 16.5 Å². The van der Waals surface area contributed by atoms with Gasteiger partial charge in [-0.3, -0.25) is 0 Å². The SMILES string of the molecule is COCCNc1nc(C2(c3ccccc3)CCNCC2)cs1. The highest BCUT2D eigenvalue weighted by atomic mass is 32.1. The molecule has 0 unspecified atom stereocenters. The van der Waals surface area contributed by atoms with E-state index in [9.17, 15) is 0 Å². The molecule has 118 valence electrons. The van der Waals surface area contributed by atoms with Crippen LogP contribution in [0.25, 0.3) is 0 Å². The van der Waals surface area contributed by atoms with Gasteiger partial charge < -0.3 is 15.4 Å². The normalized spacial score (nSPS) is 17.3. The van der Waals surface area contributed by atoms with Gasteiger partial charge in [0.2, 0.25) is 0 Å². The first-order chi connectivity index (χ1) is 10.8. The molecule has 0 radical (unpaired) electrons. The van der Waals surface area contributed by atoms with Gasteiger partial charge in [-0.2, -0.15) is 0 Å². The summed E-state index contributed by atoms with van der Waals surface area (Å²) < 4.78 is 5.08. The Labute approximate surface area is 135 Å². The number of hydrogen-bond donors (Lipinski definition) is 2. The van der Waals surface area contributed by atoms with Gasteiger partial charge in [-0.1, -0.05) is 30.3 Å². The predicted molar refractivity (Wildman–Crippen MR) is 91.8 cm³/mol. The van der Waals surface area contributed by atoms with Crippen molar-refractivity contribution in [2.75, 3.05) is 38.7 Å². The molecule has 1 aromatic heterocycles. The first kappa shape index (κ1) is 15.5. The number of nitrogens with one attached hydrogen (secondary N) is 2. The quantitative estimate of drug-likeness (QED) is 0.804. The van der Waals surface area contributed by atoms with Crippen LogP contribution in [0.15, 0.2) is 35.7 Å². The van der Waals surface area contributed by atoms with Crippen molar-refractivity contribution in [3.05, 3.63) is 47.0 Å². The lowest BCUT2D eigenvalue weighted by molar-refractivity contribution is 0.211. The molecule has 0 atom stereocenters. The molecule has 2 N–H and O–H groups in total. The first-order valence-corrected chi connectivity index (χ1v) is 8.68. The number of nitrogens with zero attached hydrogens (tertiary/aromatic N) is 1. The molecule has 1 fully saturated rings. The van der Waals surface area contributed by atoms with Crippen molar-refractivity contribution < 1.29 is 4.74 Å². The summed E-state index contributed by atoms with van der Waals surface area (Å²) in [6, 6.07) is 10.8. The van der Waals surface area contributed by atoms with Crippen LogP contribution >= 0.6 is 11.3 Å². The average Bonchev–Trinajstić information content (AvgIpc) is 3.06. The molecule has 22 heavy (non-hydrogen) atoms. The van der Waals surface area contributed by atoms with Crippen LogP contribution in [-0.4, -0.2) is 38.3 Å². The average molecular weight is 317 g/mol. The third kappa shape index (κ3) is 3.16. The van der Waals surface area contributed by atoms with E-state index in [4.69, 9.17) is 9.72 Å². The fourth-order valence-electron chi connectivity index (χ4n) is 3.14. The van der Waals surface area contributed by atoms with E-state index in [0.717, 1.165) is 37.6 Å². The van der Waals surface area contributed by atoms with Crippen LogP contribution in [-0.2, 0) is 10.2 Å². The number of methoxy groups -OCH3 is 1. The molecule has 4 nitrogen and oxygen atoms in total. The van der Waals surface area contributed by atoms with Gasteiger partial charge in [-0.05, 0) is 31.5 Å². The van der Waals surface area contributed by atoms with Gasteiger partial charge in [0.25, 0.3) is 0 Å². The number of piperidine rings is 1. The van der Waals surface area contributed by atoms with Gasteiger partial charge in [0.1, 0.15) is 0 Å². The minimum absolute atomic E-state index is 0.0458. The van der Waals surface area contributed by atoms with Crippen LogP contribution in [0.3, 0.4) is 0 Å². The molecular formula is C17H23N3OS. The number of rotatable bonds is 6. The summed E-state index contributed by atoms with van der Waals surface area (Å²) in [6.07, 6.45) is 2.19. The largest absolute Gasteiger partial charge is 0.383 e. The van der Waals surface area contributed by atoms with E-state index in [1.807, 2.05) is 0 Å². The molecule has 1 saturated heterocycles. The molecule has 0 saturated carbocycles. The maximum atomic E-state index is 5.08. The molecule has 0 aliphatic carbocycles. The standard InChI is InChI=1S/C17H23N3OS/c1-21-12-11-19-16-20-15(13-22-16)17(7-9-18-10-8-17)14-5-3-2-4-6-14/h2-6,13,18H,7-12H2,1H3,(H,19,20). The fourth-order valence-corrected chi connectivity index (χ4v) is 3.98. The molecule has 1 aliphatic heterocycles. The first-order valence-electron chi connectivity index (χ1n) is 7.80. The Morgan fingerprint density at radius 3 is 2.77 bits per heavy atom. The van der Waals surface area contributed by atoms with Crippen molar-refractivity contribution in [2.45, 2.75) is 18.3 Å². The summed E-state index contributed by atoms with van der Waals surface area (Å²) in [5.41, 5.74) is 2.62. The maximum Gasteiger partial charge on any atom is 0.182 e. The second-order valence-electron chi connectivity index (χ2n) is 5.66. The summed E-state index contributed by atoms with van der Waals surface area (Å²) >= 11 is 1.69. The van der Waals surface area contributed by atoms with Crippen LogP contribution in [0.5, 0.6) is 0 Å². The maximum absolute atomic E-state index is 5.08. The Kier molecular flexibility index (Phi) is 5.08. The predicted octanol–water partition coefficient (Wildman–Crippen LogP) is 2.87. The molecule has 0 spiro atoms. The van der Waals surface area contributed by atoms with E-state index in [1.54, 1.807) is 18.4 Å². The van der Waals surface area contributed by atoms with E-state index in [1.165, 1.54) is 11.3 Å². The van der Waals surface area contributed by atoms with Crippen molar-refractivity contribution in [1.29, 1.82) is 0 Å². The minimum atomic E-state index is 0.0458. The number of benzene rings is 1. The number of anilines is 1. The highest BCUT2D eigenvalue weighted by molar-refractivity contribution is 7.13. The van der Waals surface area contributed by atoms with Crippen molar-refractivity contribution in [2.24, 2.45) is 0 Å². The Morgan fingerprint density at radius 2 is 2.05 bits per heavy atom. The third-order valence-corrected chi connectivity index (χ3v) is 5.16. The molecule has 2 aromatic rings. The Balaban J connectivity index is 1.87. The van der Waals surface area contributed by atoms with E-state index >= 15 is 0 Å². The second kappa shape index (κ2) is 7.22. The van der Waals surface area contributed by atoms with Gasteiger partial charge in [-0.25, -0.2) is 4.98 Å². The summed E-state index contributed by atoms with van der Waals surface area (Å²) in [5.74, 6) is 0. The summed E-state index contributed by atoms with van der Waals surface area (Å²) in [7, 11) is 1.72. The second-order valence-corrected chi connectivity index (χ2v) is 6.51. The third-order valence-electron chi connectivity index (χ3n) is 4.36. The lowest BCUT2D eigenvalue weighted by atomic mass is 9.71. The zero-order valence-corrected chi connectivity index (χ0v) is 13.8. The Bertz CT molecular complexity index is 579. The molecule has 0 amide bonds. The van der Waals surface area contributed by atoms with Gasteiger partial charge >= 0.3 is 0 Å². The lowest BCUT2D eigenvalue weighted by Gasteiger charge is -2.37. The summed E-state index contributed by atoms with van der Waals surface area (Å²) in [4.78, 5) is 4.88. The Hall–Kier alpha value is -1.43. The van der Waals surface area contributed by atoms with Gasteiger partial charge in [0.15, 0.2) is 5.13 Å². The molecule has 3 rings (SSSR count). The van der Waals surface area contributed by atoms with Gasteiger partial charge in [0, 0.05) is 24.4 Å². The zero-order chi connectivity index (χ0) is 15.3. The number of aromatic nitrogens is 1. The van der Waals surface area contributed by atoms with E-state index in [-0.39, 0.29) is 5.41 Å².